The molecule has 0 bridgehead atoms. The van der Waals surface area contributed by atoms with Crippen LogP contribution in [0.3, 0.4) is 0 Å². The summed E-state index contributed by atoms with van der Waals surface area (Å²) in [5, 5.41) is 6.61. The van der Waals surface area contributed by atoms with Crippen molar-refractivity contribution in [2.24, 2.45) is 0 Å². The summed E-state index contributed by atoms with van der Waals surface area (Å²) < 4.78 is 10.3. The van der Waals surface area contributed by atoms with E-state index in [4.69, 9.17) is 9.47 Å². The summed E-state index contributed by atoms with van der Waals surface area (Å²) in [5.41, 5.74) is 1.12. The topological polar surface area (TPSA) is 43.4 Å². The van der Waals surface area contributed by atoms with Crippen molar-refractivity contribution in [3.8, 4) is 0 Å². The van der Waals surface area contributed by atoms with Crippen LogP contribution in [0.15, 0.2) is 5.38 Å². The zero-order valence-corrected chi connectivity index (χ0v) is 11.7. The van der Waals surface area contributed by atoms with Gasteiger partial charge in [0.05, 0.1) is 30.5 Å². The molecule has 1 heterocycles. The van der Waals surface area contributed by atoms with Crippen LogP contribution in [0.25, 0.3) is 0 Å². The van der Waals surface area contributed by atoms with Crippen molar-refractivity contribution in [1.82, 2.24) is 10.3 Å². The summed E-state index contributed by atoms with van der Waals surface area (Å²) in [6, 6.07) is 0.498. The second-order valence-electron chi connectivity index (χ2n) is 4.12. The largest absolute Gasteiger partial charge is 0.382 e. The van der Waals surface area contributed by atoms with E-state index in [0.717, 1.165) is 23.7 Å². The van der Waals surface area contributed by atoms with Gasteiger partial charge in [-0.15, -0.1) is 11.3 Å². The minimum atomic E-state index is 0.498. The number of hydrogen-bond acceptors (Lipinski definition) is 5. The van der Waals surface area contributed by atoms with E-state index in [1.807, 2.05) is 0 Å². The molecular formula is C12H22N2O2S. The molecule has 98 valence electrons. The van der Waals surface area contributed by atoms with Gasteiger partial charge >= 0.3 is 0 Å². The van der Waals surface area contributed by atoms with E-state index in [2.05, 4.69) is 29.5 Å². The lowest BCUT2D eigenvalue weighted by Crippen LogP contribution is -2.21. The van der Waals surface area contributed by atoms with Gasteiger partial charge in [-0.2, -0.15) is 0 Å². The molecule has 5 heteroatoms. The first-order valence-corrected chi connectivity index (χ1v) is 6.83. The maximum atomic E-state index is 5.41. The number of hydrogen-bond donors (Lipinski definition) is 1. The van der Waals surface area contributed by atoms with Crippen LogP contribution in [0.5, 0.6) is 0 Å². The first-order chi connectivity index (χ1) is 8.22. The van der Waals surface area contributed by atoms with Gasteiger partial charge in [-0.1, -0.05) is 13.8 Å². The second-order valence-corrected chi connectivity index (χ2v) is 5.07. The molecule has 0 aromatic carbocycles. The SMILES string of the molecule is COCCOCCc1nc(CNC(C)C)cs1. The van der Waals surface area contributed by atoms with Crippen LogP contribution in [-0.2, 0) is 22.4 Å². The van der Waals surface area contributed by atoms with Crippen molar-refractivity contribution in [3.05, 3.63) is 16.1 Å². The zero-order chi connectivity index (χ0) is 12.5. The third-order valence-electron chi connectivity index (χ3n) is 2.18. The quantitative estimate of drug-likeness (QED) is 0.687. The Morgan fingerprint density at radius 1 is 1.35 bits per heavy atom. The Morgan fingerprint density at radius 3 is 2.88 bits per heavy atom. The fourth-order valence-corrected chi connectivity index (χ4v) is 2.04. The molecule has 0 unspecified atom stereocenters. The van der Waals surface area contributed by atoms with E-state index in [1.165, 1.54) is 0 Å². The van der Waals surface area contributed by atoms with Crippen molar-refractivity contribution in [1.29, 1.82) is 0 Å². The first-order valence-electron chi connectivity index (χ1n) is 5.95. The Labute approximate surface area is 107 Å². The molecule has 17 heavy (non-hydrogen) atoms. The van der Waals surface area contributed by atoms with Crippen molar-refractivity contribution < 1.29 is 9.47 Å². The van der Waals surface area contributed by atoms with Crippen LogP contribution in [-0.4, -0.2) is 38.0 Å². The second kappa shape index (κ2) is 8.58. The van der Waals surface area contributed by atoms with E-state index >= 15 is 0 Å². The first kappa shape index (κ1) is 14.6. The third-order valence-corrected chi connectivity index (χ3v) is 3.14. The lowest BCUT2D eigenvalue weighted by molar-refractivity contribution is 0.0722. The predicted molar refractivity (Wildman–Crippen MR) is 70.5 cm³/mol. The van der Waals surface area contributed by atoms with Crippen molar-refractivity contribution in [2.45, 2.75) is 32.9 Å². The van der Waals surface area contributed by atoms with Gasteiger partial charge in [0.1, 0.15) is 0 Å². The molecule has 0 saturated carbocycles. The Balaban J connectivity index is 2.17. The minimum absolute atomic E-state index is 0.498. The Morgan fingerprint density at radius 2 is 2.18 bits per heavy atom. The van der Waals surface area contributed by atoms with Gasteiger partial charge in [0.2, 0.25) is 0 Å². The lowest BCUT2D eigenvalue weighted by atomic mass is 10.3. The van der Waals surface area contributed by atoms with Gasteiger partial charge in [0.25, 0.3) is 0 Å². The highest BCUT2D eigenvalue weighted by Gasteiger charge is 2.02. The average Bonchev–Trinajstić information content (AvgIpc) is 2.74. The summed E-state index contributed by atoms with van der Waals surface area (Å²) in [5.74, 6) is 0. The number of aromatic nitrogens is 1. The molecule has 0 aliphatic rings. The molecule has 0 spiro atoms. The van der Waals surface area contributed by atoms with Crippen LogP contribution in [0, 0.1) is 0 Å². The summed E-state index contributed by atoms with van der Waals surface area (Å²) in [6.07, 6.45) is 0.885. The smallest absolute Gasteiger partial charge is 0.0951 e. The normalized spacial score (nSPS) is 11.3. The molecule has 1 rings (SSSR count). The Bertz CT molecular complexity index is 302. The van der Waals surface area contributed by atoms with Crippen LogP contribution >= 0.6 is 11.3 Å². The average molecular weight is 258 g/mol. The van der Waals surface area contributed by atoms with E-state index in [9.17, 15) is 0 Å². The number of ether oxygens (including phenoxy) is 2. The molecule has 0 radical (unpaired) electrons. The van der Waals surface area contributed by atoms with E-state index < -0.39 is 0 Å². The van der Waals surface area contributed by atoms with E-state index in [-0.39, 0.29) is 0 Å². The van der Waals surface area contributed by atoms with Gasteiger partial charge < -0.3 is 14.8 Å². The lowest BCUT2D eigenvalue weighted by Gasteiger charge is -2.04. The highest BCUT2D eigenvalue weighted by Crippen LogP contribution is 2.10. The molecule has 0 amide bonds. The molecule has 1 aromatic rings. The highest BCUT2D eigenvalue weighted by molar-refractivity contribution is 7.09. The van der Waals surface area contributed by atoms with Gasteiger partial charge in [0, 0.05) is 31.5 Å². The number of methoxy groups -OCH3 is 1. The van der Waals surface area contributed by atoms with E-state index in [0.29, 0.717) is 25.9 Å². The third kappa shape index (κ3) is 6.73. The molecule has 4 nitrogen and oxygen atoms in total. The molecule has 0 fully saturated rings. The number of nitrogens with one attached hydrogen (secondary N) is 1. The van der Waals surface area contributed by atoms with Gasteiger partial charge in [-0.05, 0) is 0 Å². The van der Waals surface area contributed by atoms with Gasteiger partial charge in [0.15, 0.2) is 0 Å². The van der Waals surface area contributed by atoms with Crippen LogP contribution < -0.4 is 5.32 Å². The number of rotatable bonds is 9. The molecule has 1 aromatic heterocycles. The summed E-state index contributed by atoms with van der Waals surface area (Å²) in [4.78, 5) is 4.54. The highest BCUT2D eigenvalue weighted by atomic mass is 32.1. The maximum absolute atomic E-state index is 5.41. The maximum Gasteiger partial charge on any atom is 0.0951 e. The summed E-state index contributed by atoms with van der Waals surface area (Å²) in [6.45, 7) is 7.14. The minimum Gasteiger partial charge on any atom is -0.382 e. The number of thiazole rings is 1. The Kier molecular flexibility index (Phi) is 7.35. The van der Waals surface area contributed by atoms with E-state index in [1.54, 1.807) is 18.4 Å². The fourth-order valence-electron chi connectivity index (χ4n) is 1.26. The van der Waals surface area contributed by atoms with Crippen LogP contribution in [0.4, 0.5) is 0 Å². The standard InChI is InChI=1S/C12H22N2O2S/c1-10(2)13-8-11-9-17-12(14-11)4-5-16-7-6-15-3/h9-10,13H,4-8H2,1-3H3. The molecular weight excluding hydrogens is 236 g/mol. The van der Waals surface area contributed by atoms with Crippen LogP contribution in [0.1, 0.15) is 24.5 Å². The Hall–Kier alpha value is -0.490. The molecule has 0 atom stereocenters. The van der Waals surface area contributed by atoms with Crippen LogP contribution in [0.2, 0.25) is 0 Å². The molecule has 0 aliphatic carbocycles. The summed E-state index contributed by atoms with van der Waals surface area (Å²) >= 11 is 1.70. The number of nitrogens with zero attached hydrogens (tertiary/aromatic N) is 1. The monoisotopic (exact) mass is 258 g/mol. The fraction of sp³-hybridized carbons (Fsp3) is 0.750. The van der Waals surface area contributed by atoms with Gasteiger partial charge in [-0.3, -0.25) is 0 Å². The zero-order valence-electron chi connectivity index (χ0n) is 10.9. The van der Waals surface area contributed by atoms with Gasteiger partial charge in [-0.25, -0.2) is 4.98 Å². The molecule has 0 saturated heterocycles. The molecule has 1 N–H and O–H groups in total. The van der Waals surface area contributed by atoms with Crippen molar-refractivity contribution in [3.63, 3.8) is 0 Å². The summed E-state index contributed by atoms with van der Waals surface area (Å²) in [7, 11) is 1.68. The molecule has 0 aliphatic heterocycles. The van der Waals surface area contributed by atoms with Crippen molar-refractivity contribution in [2.75, 3.05) is 26.9 Å². The van der Waals surface area contributed by atoms with Crippen molar-refractivity contribution >= 4 is 11.3 Å². The predicted octanol–water partition coefficient (Wildman–Crippen LogP) is 1.85.